The first-order valence-corrected chi connectivity index (χ1v) is 9.09. The van der Waals surface area contributed by atoms with Crippen molar-refractivity contribution in [3.63, 3.8) is 0 Å². The van der Waals surface area contributed by atoms with Gasteiger partial charge in [-0.15, -0.1) is 0 Å². The Hall–Kier alpha value is -3.06. The van der Waals surface area contributed by atoms with Gasteiger partial charge in [-0.05, 0) is 29.3 Å². The first kappa shape index (κ1) is 20.7. The number of hydrogen-bond donors (Lipinski definition) is 1. The summed E-state index contributed by atoms with van der Waals surface area (Å²) >= 11 is 0. The Morgan fingerprint density at radius 1 is 0.897 bits per heavy atom. The monoisotopic (exact) mass is 401 g/mol. The summed E-state index contributed by atoms with van der Waals surface area (Å²) in [5.41, 5.74) is 2.66. The van der Waals surface area contributed by atoms with Gasteiger partial charge in [0.1, 0.15) is 6.10 Å². The third-order valence-electron chi connectivity index (χ3n) is 4.84. The van der Waals surface area contributed by atoms with Gasteiger partial charge in [-0.3, -0.25) is 0 Å². The molecule has 1 atom stereocenters. The number of hydrogen-bond acceptors (Lipinski definition) is 4. The third-order valence-corrected chi connectivity index (χ3v) is 4.84. The van der Waals surface area contributed by atoms with Gasteiger partial charge in [0.05, 0.1) is 12.1 Å². The fourth-order valence-corrected chi connectivity index (χ4v) is 3.34. The summed E-state index contributed by atoms with van der Waals surface area (Å²) in [6.45, 7) is 1.50. The number of aromatic nitrogens is 1. The largest absolute Gasteiger partial charge is 0.472 e. The maximum Gasteiger partial charge on any atom is 0.417 e. The molecule has 1 aliphatic rings. The van der Waals surface area contributed by atoms with E-state index < -0.39 is 11.7 Å². The smallest absolute Gasteiger partial charge is 0.417 e. The predicted octanol–water partition coefficient (Wildman–Crippen LogP) is 5.59. The molecule has 2 aromatic carbocycles. The molecule has 1 aliphatic heterocycles. The first-order chi connectivity index (χ1) is 13.5. The second-order valence-electron chi connectivity index (χ2n) is 6.77. The van der Waals surface area contributed by atoms with E-state index in [2.05, 4.69) is 46.3 Å². The maximum absolute atomic E-state index is 12.6. The number of halogens is 3. The van der Waals surface area contributed by atoms with Gasteiger partial charge in [0.2, 0.25) is 5.88 Å². The lowest BCUT2D eigenvalue weighted by atomic mass is 10.1. The van der Waals surface area contributed by atoms with Gasteiger partial charge in [0.15, 0.2) is 0 Å². The van der Waals surface area contributed by atoms with E-state index >= 15 is 0 Å². The van der Waals surface area contributed by atoms with Crippen LogP contribution in [0.25, 0.3) is 11.1 Å². The number of rotatable bonds is 4. The van der Waals surface area contributed by atoms with Gasteiger partial charge in [-0.1, -0.05) is 42.5 Å². The average Bonchev–Trinajstić information content (AvgIpc) is 3.17. The van der Waals surface area contributed by atoms with E-state index in [9.17, 15) is 13.2 Å². The minimum atomic E-state index is -4.39. The highest BCUT2D eigenvalue weighted by Gasteiger charge is 2.31. The zero-order valence-corrected chi connectivity index (χ0v) is 15.8. The molecular formula is C22H22F3N3O. The topological polar surface area (TPSA) is 60.4 Å². The van der Waals surface area contributed by atoms with E-state index in [1.165, 1.54) is 11.6 Å². The van der Waals surface area contributed by atoms with Gasteiger partial charge in [-0.2, -0.15) is 13.2 Å². The summed E-state index contributed by atoms with van der Waals surface area (Å²) in [7, 11) is 0. The number of anilines is 1. The Bertz CT molecular complexity index is 913. The predicted molar refractivity (Wildman–Crippen MR) is 107 cm³/mol. The van der Waals surface area contributed by atoms with Crippen LogP contribution in [0.2, 0.25) is 0 Å². The molecule has 0 bridgehead atoms. The van der Waals surface area contributed by atoms with Crippen LogP contribution < -0.4 is 15.8 Å². The molecule has 0 amide bonds. The van der Waals surface area contributed by atoms with Gasteiger partial charge in [-0.25, -0.2) is 4.98 Å². The Balaban J connectivity index is 0.00000240. The van der Waals surface area contributed by atoms with E-state index in [4.69, 9.17) is 4.74 Å². The quantitative estimate of drug-likeness (QED) is 0.619. The Labute approximate surface area is 167 Å². The van der Waals surface area contributed by atoms with Crippen LogP contribution in [0.15, 0.2) is 72.9 Å². The van der Waals surface area contributed by atoms with Crippen LogP contribution in [-0.4, -0.2) is 24.2 Å². The van der Waals surface area contributed by atoms with Crippen molar-refractivity contribution in [3.8, 4) is 17.0 Å². The molecule has 0 spiro atoms. The fourth-order valence-electron chi connectivity index (χ4n) is 3.34. The van der Waals surface area contributed by atoms with Crippen LogP contribution >= 0.6 is 0 Å². The van der Waals surface area contributed by atoms with Crippen LogP contribution in [0, 0.1) is 0 Å². The van der Waals surface area contributed by atoms with Crippen LogP contribution in [-0.2, 0) is 6.18 Å². The number of ether oxygens (including phenoxy) is 1. The second kappa shape index (κ2) is 8.53. The minimum absolute atomic E-state index is 0. The zero-order valence-electron chi connectivity index (χ0n) is 15.8. The van der Waals surface area contributed by atoms with Crippen molar-refractivity contribution in [2.75, 3.05) is 18.0 Å². The summed E-state index contributed by atoms with van der Waals surface area (Å²) in [4.78, 5) is 6.00. The highest BCUT2D eigenvalue weighted by atomic mass is 19.4. The Morgan fingerprint density at radius 2 is 1.59 bits per heavy atom. The molecule has 4 rings (SSSR count). The standard InChI is InChI=1S/C22H19F3N2O.H3N/c23-22(24,25)18-8-11-21(26-14-18)28-20-12-13-27(15-20)19-9-6-17(7-10-19)16-4-2-1-3-5-16;/h1-11,14,20H,12-13,15H2;1H3. The molecule has 4 nitrogen and oxygen atoms in total. The van der Waals surface area contributed by atoms with Crippen LogP contribution in [0.3, 0.4) is 0 Å². The second-order valence-corrected chi connectivity index (χ2v) is 6.77. The van der Waals surface area contributed by atoms with Gasteiger partial charge >= 0.3 is 6.18 Å². The zero-order chi connectivity index (χ0) is 19.6. The Kier molecular flexibility index (Phi) is 6.08. The van der Waals surface area contributed by atoms with E-state index in [-0.39, 0.29) is 18.1 Å². The van der Waals surface area contributed by atoms with Gasteiger partial charge in [0.25, 0.3) is 0 Å². The van der Waals surface area contributed by atoms with Crippen molar-refractivity contribution in [3.05, 3.63) is 78.5 Å². The fraction of sp³-hybridized carbons (Fsp3) is 0.227. The number of pyridine rings is 1. The molecule has 0 saturated carbocycles. The molecular weight excluding hydrogens is 379 g/mol. The molecule has 152 valence electrons. The Morgan fingerprint density at radius 3 is 2.21 bits per heavy atom. The van der Waals surface area contributed by atoms with Crippen molar-refractivity contribution < 1.29 is 17.9 Å². The average molecular weight is 401 g/mol. The van der Waals surface area contributed by atoms with Crippen LogP contribution in [0.4, 0.5) is 18.9 Å². The van der Waals surface area contributed by atoms with Crippen LogP contribution in [0.5, 0.6) is 5.88 Å². The van der Waals surface area contributed by atoms with E-state index in [0.717, 1.165) is 36.5 Å². The molecule has 1 unspecified atom stereocenters. The molecule has 3 aromatic rings. The lowest BCUT2D eigenvalue weighted by Crippen LogP contribution is -2.24. The molecule has 2 heterocycles. The molecule has 1 saturated heterocycles. The molecule has 0 radical (unpaired) electrons. The number of nitrogens with zero attached hydrogens (tertiary/aromatic N) is 2. The summed E-state index contributed by atoms with van der Waals surface area (Å²) < 4.78 is 43.6. The lowest BCUT2D eigenvalue weighted by molar-refractivity contribution is -0.137. The first-order valence-electron chi connectivity index (χ1n) is 9.09. The van der Waals surface area contributed by atoms with Gasteiger partial charge < -0.3 is 15.8 Å². The minimum Gasteiger partial charge on any atom is -0.472 e. The number of benzene rings is 2. The summed E-state index contributed by atoms with van der Waals surface area (Å²) in [6.07, 6.45) is -2.88. The molecule has 0 aliphatic carbocycles. The van der Waals surface area contributed by atoms with Crippen molar-refractivity contribution in [2.24, 2.45) is 0 Å². The molecule has 7 heteroatoms. The van der Waals surface area contributed by atoms with E-state index in [0.29, 0.717) is 6.54 Å². The van der Waals surface area contributed by atoms with Crippen molar-refractivity contribution in [1.29, 1.82) is 0 Å². The van der Waals surface area contributed by atoms with Crippen molar-refractivity contribution >= 4 is 5.69 Å². The number of alkyl halides is 3. The molecule has 1 fully saturated rings. The van der Waals surface area contributed by atoms with Gasteiger partial charge in [0, 0.05) is 30.9 Å². The SMILES string of the molecule is FC(F)(F)c1ccc(OC2CCN(c3ccc(-c4ccccc4)cc3)C2)nc1.N. The molecule has 1 aromatic heterocycles. The summed E-state index contributed by atoms with van der Waals surface area (Å²) in [5, 5.41) is 0. The maximum atomic E-state index is 12.6. The highest BCUT2D eigenvalue weighted by molar-refractivity contribution is 5.66. The van der Waals surface area contributed by atoms with Crippen molar-refractivity contribution in [1.82, 2.24) is 11.1 Å². The van der Waals surface area contributed by atoms with E-state index in [1.54, 1.807) is 0 Å². The van der Waals surface area contributed by atoms with Crippen LogP contribution in [0.1, 0.15) is 12.0 Å². The summed E-state index contributed by atoms with van der Waals surface area (Å²) in [5.74, 6) is 0.222. The third kappa shape index (κ3) is 4.86. The lowest BCUT2D eigenvalue weighted by Gasteiger charge is -2.19. The van der Waals surface area contributed by atoms with E-state index in [1.807, 2.05) is 18.2 Å². The molecule has 29 heavy (non-hydrogen) atoms. The van der Waals surface area contributed by atoms with Crippen molar-refractivity contribution in [2.45, 2.75) is 18.7 Å². The summed E-state index contributed by atoms with van der Waals surface area (Å²) in [6, 6.07) is 20.8. The highest BCUT2D eigenvalue weighted by Crippen LogP contribution is 2.30. The normalized spacial score (nSPS) is 16.4. The molecule has 3 N–H and O–H groups in total.